The van der Waals surface area contributed by atoms with E-state index in [9.17, 15) is 0 Å². The lowest BCUT2D eigenvalue weighted by Gasteiger charge is -2.36. The van der Waals surface area contributed by atoms with Gasteiger partial charge in [0.1, 0.15) is 0 Å². The third kappa shape index (κ3) is 5.47. The molecule has 0 bridgehead atoms. The summed E-state index contributed by atoms with van der Waals surface area (Å²) in [5.74, 6) is 0.397. The lowest BCUT2D eigenvalue weighted by Crippen LogP contribution is -2.29. The van der Waals surface area contributed by atoms with Crippen molar-refractivity contribution >= 4 is 32.9 Å². The van der Waals surface area contributed by atoms with Gasteiger partial charge < -0.3 is 4.90 Å². The Bertz CT molecular complexity index is 3260. The molecule has 0 aromatic heterocycles. The summed E-state index contributed by atoms with van der Waals surface area (Å²) >= 11 is 0. The zero-order chi connectivity index (χ0) is 41.4. The van der Waals surface area contributed by atoms with Gasteiger partial charge in [0, 0.05) is 28.4 Å². The van der Waals surface area contributed by atoms with Gasteiger partial charge in [-0.2, -0.15) is 0 Å². The normalized spacial score (nSPS) is 19.2. The van der Waals surface area contributed by atoms with E-state index in [2.05, 4.69) is 237 Å². The zero-order valence-electron chi connectivity index (χ0n) is 35.2. The number of nitrogens with zero attached hydrogens (tertiary/aromatic N) is 1. The Hall–Kier alpha value is -7.22. The summed E-state index contributed by atoms with van der Waals surface area (Å²) in [5, 5.41) is 5.13. The highest BCUT2D eigenvalue weighted by atomic mass is 15.1. The lowest BCUT2D eigenvalue weighted by molar-refractivity contribution is 0.609. The average Bonchev–Trinajstić information content (AvgIpc) is 3.54. The highest BCUT2D eigenvalue weighted by molar-refractivity contribution is 6.08. The molecule has 2 atom stereocenters. The van der Waals surface area contributed by atoms with Crippen molar-refractivity contribution in [2.75, 3.05) is 4.90 Å². The first-order valence-corrected chi connectivity index (χ1v) is 22.2. The van der Waals surface area contributed by atoms with Crippen molar-refractivity contribution in [1.82, 2.24) is 0 Å². The molecule has 2 unspecified atom stereocenters. The average molecular weight is 794 g/mol. The van der Waals surface area contributed by atoms with Crippen LogP contribution < -0.4 is 4.90 Å². The van der Waals surface area contributed by atoms with Gasteiger partial charge in [-0.15, -0.1) is 0 Å². The summed E-state index contributed by atoms with van der Waals surface area (Å²) in [6, 6.07) is 66.0. The van der Waals surface area contributed by atoms with Gasteiger partial charge in [0.05, 0.1) is 5.41 Å². The number of hydrogen-bond acceptors (Lipinski definition) is 1. The first-order valence-electron chi connectivity index (χ1n) is 22.2. The number of anilines is 2. The molecule has 0 N–H and O–H groups in total. The van der Waals surface area contributed by atoms with Crippen molar-refractivity contribution in [2.24, 2.45) is 0 Å². The van der Waals surface area contributed by atoms with E-state index < -0.39 is 5.41 Å². The van der Waals surface area contributed by atoms with Crippen molar-refractivity contribution in [2.45, 2.75) is 43.4 Å². The Kier molecular flexibility index (Phi) is 8.38. The smallest absolute Gasteiger partial charge is 0.0679 e. The van der Waals surface area contributed by atoms with Crippen molar-refractivity contribution in [1.29, 1.82) is 0 Å². The molecule has 8 aromatic rings. The molecule has 0 saturated heterocycles. The topological polar surface area (TPSA) is 3.24 Å². The molecule has 1 heteroatoms. The van der Waals surface area contributed by atoms with Crippen LogP contribution in [0.15, 0.2) is 235 Å². The summed E-state index contributed by atoms with van der Waals surface area (Å²) < 4.78 is 0. The minimum Gasteiger partial charge on any atom is -0.311 e. The van der Waals surface area contributed by atoms with Gasteiger partial charge in [0.2, 0.25) is 0 Å². The van der Waals surface area contributed by atoms with Crippen LogP contribution in [0.5, 0.6) is 0 Å². The fourth-order valence-corrected chi connectivity index (χ4v) is 11.5. The maximum atomic E-state index is 2.51. The third-order valence-corrected chi connectivity index (χ3v) is 14.4. The highest BCUT2D eigenvalue weighted by Gasteiger charge is 2.47. The van der Waals surface area contributed by atoms with Gasteiger partial charge in [-0.25, -0.2) is 0 Å². The van der Waals surface area contributed by atoms with Crippen molar-refractivity contribution in [3.63, 3.8) is 0 Å². The molecule has 1 nitrogen and oxygen atoms in total. The number of hydrogen-bond donors (Lipinski definition) is 0. The van der Waals surface area contributed by atoms with Crippen LogP contribution >= 0.6 is 0 Å². The van der Waals surface area contributed by atoms with E-state index in [-0.39, 0.29) is 5.41 Å². The van der Waals surface area contributed by atoms with Gasteiger partial charge in [-0.05, 0) is 126 Å². The minimum absolute atomic E-state index is 0.0564. The molecule has 0 heterocycles. The highest BCUT2D eigenvalue weighted by Crippen LogP contribution is 2.59. The van der Waals surface area contributed by atoms with Crippen LogP contribution in [-0.2, 0) is 10.8 Å². The maximum absolute atomic E-state index is 2.51. The first-order chi connectivity index (χ1) is 30.5. The lowest BCUT2D eigenvalue weighted by atomic mass is 9.66. The fraction of sp³-hybridized carbons (Fsp3) is 0.115. The van der Waals surface area contributed by atoms with Crippen LogP contribution in [0.3, 0.4) is 0 Å². The monoisotopic (exact) mass is 793 g/mol. The Labute approximate surface area is 365 Å². The predicted molar refractivity (Wildman–Crippen MR) is 261 cm³/mol. The van der Waals surface area contributed by atoms with Crippen molar-refractivity contribution < 1.29 is 0 Å². The number of allylic oxidation sites excluding steroid dienone is 9. The van der Waals surface area contributed by atoms with Gasteiger partial charge >= 0.3 is 0 Å². The second kappa shape index (κ2) is 14.2. The summed E-state index contributed by atoms with van der Waals surface area (Å²) in [6.07, 6.45) is 18.1. The van der Waals surface area contributed by atoms with Crippen molar-refractivity contribution in [3.8, 4) is 22.3 Å². The zero-order valence-corrected chi connectivity index (χ0v) is 35.2. The van der Waals surface area contributed by atoms with E-state index in [1.54, 1.807) is 0 Å². The van der Waals surface area contributed by atoms with Gasteiger partial charge in [-0.1, -0.05) is 201 Å². The molecule has 62 heavy (non-hydrogen) atoms. The molecule has 4 aliphatic carbocycles. The van der Waals surface area contributed by atoms with E-state index in [4.69, 9.17) is 0 Å². The van der Waals surface area contributed by atoms with Crippen LogP contribution in [0.2, 0.25) is 0 Å². The van der Waals surface area contributed by atoms with E-state index in [0.717, 1.165) is 24.2 Å². The van der Waals surface area contributed by atoms with Crippen molar-refractivity contribution in [3.05, 3.63) is 263 Å². The molecule has 0 spiro atoms. The van der Waals surface area contributed by atoms with E-state index in [0.29, 0.717) is 5.92 Å². The van der Waals surface area contributed by atoms with Crippen LogP contribution in [-0.4, -0.2) is 0 Å². The Balaban J connectivity index is 1.02. The fourth-order valence-electron chi connectivity index (χ4n) is 11.5. The molecule has 12 rings (SSSR count). The molecular weight excluding hydrogens is 747 g/mol. The molecule has 4 aliphatic rings. The maximum Gasteiger partial charge on any atom is 0.0679 e. The number of rotatable bonds is 6. The van der Waals surface area contributed by atoms with Crippen LogP contribution in [0.25, 0.3) is 43.8 Å². The van der Waals surface area contributed by atoms with E-state index in [1.807, 2.05) is 0 Å². The predicted octanol–water partition coefficient (Wildman–Crippen LogP) is 15.8. The second-order valence-corrected chi connectivity index (χ2v) is 17.9. The minimum atomic E-state index is -0.414. The largest absolute Gasteiger partial charge is 0.311 e. The molecule has 0 amide bonds. The molecule has 296 valence electrons. The molecular formula is C61H47N. The second-order valence-electron chi connectivity index (χ2n) is 17.9. The van der Waals surface area contributed by atoms with Gasteiger partial charge in [0.15, 0.2) is 0 Å². The molecule has 0 fully saturated rings. The Morgan fingerprint density at radius 2 is 1.24 bits per heavy atom. The Morgan fingerprint density at radius 1 is 0.532 bits per heavy atom. The third-order valence-electron chi connectivity index (χ3n) is 14.4. The molecule has 0 saturated carbocycles. The van der Waals surface area contributed by atoms with Crippen LogP contribution in [0.4, 0.5) is 11.4 Å². The SMILES string of the molecule is CC1(C)C2=CC(N(c3ccc(-c4ccc5c(ccc6ccccc65)c4)cc3)c3ccc4c(c3)-c3ccccc3C4(C3=CC=CC=CC3)c3ccccc3)=CCC2c2ccccc21. The van der Waals surface area contributed by atoms with E-state index >= 15 is 0 Å². The first kappa shape index (κ1) is 36.6. The summed E-state index contributed by atoms with van der Waals surface area (Å²) in [5.41, 5.74) is 17.9. The molecule has 0 aliphatic heterocycles. The molecule has 0 radical (unpaired) electrons. The summed E-state index contributed by atoms with van der Waals surface area (Å²) in [4.78, 5) is 2.51. The number of fused-ring (bicyclic) bond motifs is 9. The molecule has 8 aromatic carbocycles. The van der Waals surface area contributed by atoms with Crippen LogP contribution in [0, 0.1) is 0 Å². The Morgan fingerprint density at radius 3 is 2.13 bits per heavy atom. The number of benzene rings is 8. The van der Waals surface area contributed by atoms with E-state index in [1.165, 1.54) is 88.5 Å². The van der Waals surface area contributed by atoms with Gasteiger partial charge in [0.25, 0.3) is 0 Å². The standard InChI is InChI=1S/C61H47N/c1-60(2)56-24-14-12-22-52(56)54-36-33-49(40-59(54)60)62(47-31-28-41(29-32-47)43-30-35-51-44(38-43)27-26-42-16-10-11-21-50(42)51)48-34-37-58-55(39-48)53-23-13-15-25-57(53)61(58,46-19-8-5-9-20-46)45-17-6-3-4-7-18-45/h3-17,19-35,37-40,54H,18,36H2,1-2H3. The van der Waals surface area contributed by atoms with Crippen LogP contribution in [0.1, 0.15) is 60.4 Å². The van der Waals surface area contributed by atoms with Gasteiger partial charge in [-0.3, -0.25) is 0 Å². The summed E-state index contributed by atoms with van der Waals surface area (Å²) in [6.45, 7) is 4.82. The summed E-state index contributed by atoms with van der Waals surface area (Å²) in [7, 11) is 0. The quantitative estimate of drug-likeness (QED) is 0.152.